The maximum absolute atomic E-state index is 13.9. The highest BCUT2D eigenvalue weighted by atomic mass is 35.5. The Kier molecular flexibility index (Phi) is 7.50. The molecule has 174 valence electrons. The van der Waals surface area contributed by atoms with Crippen LogP contribution in [0.15, 0.2) is 53.7 Å². The summed E-state index contributed by atoms with van der Waals surface area (Å²) >= 11 is 5.97. The van der Waals surface area contributed by atoms with E-state index in [1.54, 1.807) is 31.2 Å². The molecule has 0 saturated heterocycles. The number of nitrogens with zero attached hydrogens (tertiary/aromatic N) is 4. The van der Waals surface area contributed by atoms with Crippen LogP contribution in [0.1, 0.15) is 19.5 Å². The van der Waals surface area contributed by atoms with Crippen LogP contribution >= 0.6 is 11.6 Å². The number of hydrogen-bond donors (Lipinski definition) is 0. The van der Waals surface area contributed by atoms with Crippen molar-refractivity contribution in [3.05, 3.63) is 59.5 Å². The van der Waals surface area contributed by atoms with Gasteiger partial charge in [-0.05, 0) is 37.1 Å². The zero-order valence-corrected chi connectivity index (χ0v) is 20.1. The number of halogens is 1. The molecule has 3 aromatic rings. The molecule has 0 spiro atoms. The lowest BCUT2D eigenvalue weighted by atomic mass is 10.1. The maximum atomic E-state index is 13.9. The molecule has 0 aliphatic carbocycles. The fourth-order valence-electron chi connectivity index (χ4n) is 2.84. The monoisotopic (exact) mass is 490 g/mol. The predicted molar refractivity (Wildman–Crippen MR) is 124 cm³/mol. The van der Waals surface area contributed by atoms with Gasteiger partial charge in [-0.15, -0.1) is 4.31 Å². The average molecular weight is 491 g/mol. The Hall–Kier alpha value is -3.24. The van der Waals surface area contributed by atoms with Crippen molar-refractivity contribution in [2.24, 2.45) is 5.92 Å². The van der Waals surface area contributed by atoms with Crippen LogP contribution in [0, 0.1) is 12.8 Å². The van der Waals surface area contributed by atoms with E-state index in [-0.39, 0.29) is 34.8 Å². The molecule has 0 radical (unpaired) electrons. The Labute approximate surface area is 197 Å². The summed E-state index contributed by atoms with van der Waals surface area (Å²) in [5.74, 6) is -0.479. The van der Waals surface area contributed by atoms with Gasteiger partial charge in [0.05, 0.1) is 31.3 Å². The highest BCUT2D eigenvalue weighted by Gasteiger charge is 2.38. The minimum absolute atomic E-state index is 0.00351. The van der Waals surface area contributed by atoms with E-state index in [4.69, 9.17) is 21.1 Å². The zero-order chi connectivity index (χ0) is 24.2. The standard InChI is InChI=1S/C22H23ClN4O5S/c1-14(2)13-32-22(28)27(20-21(31-4)26-15(3)12-25-20)33(29,30)18-6-5-11-24-19(18)16-7-9-17(23)10-8-16/h5-12,14H,13H2,1-4H3. The summed E-state index contributed by atoms with van der Waals surface area (Å²) in [5.41, 5.74) is 1.11. The second kappa shape index (κ2) is 10.1. The summed E-state index contributed by atoms with van der Waals surface area (Å²) in [4.78, 5) is 25.4. The summed E-state index contributed by atoms with van der Waals surface area (Å²) in [6, 6.07) is 9.32. The van der Waals surface area contributed by atoms with Crippen molar-refractivity contribution in [2.45, 2.75) is 25.7 Å². The molecule has 0 aliphatic heterocycles. The number of ether oxygens (including phenoxy) is 2. The number of carbonyl (C=O) groups excluding carboxylic acids is 1. The van der Waals surface area contributed by atoms with Crippen LogP contribution in [-0.4, -0.2) is 43.2 Å². The van der Waals surface area contributed by atoms with Gasteiger partial charge < -0.3 is 9.47 Å². The van der Waals surface area contributed by atoms with Gasteiger partial charge in [-0.1, -0.05) is 37.6 Å². The van der Waals surface area contributed by atoms with Crippen molar-refractivity contribution in [3.8, 4) is 17.1 Å². The number of aromatic nitrogens is 3. The average Bonchev–Trinajstić information content (AvgIpc) is 2.79. The van der Waals surface area contributed by atoms with Crippen molar-refractivity contribution in [2.75, 3.05) is 18.0 Å². The normalized spacial score (nSPS) is 11.3. The van der Waals surface area contributed by atoms with Gasteiger partial charge in [0.15, 0.2) is 0 Å². The van der Waals surface area contributed by atoms with Gasteiger partial charge in [-0.3, -0.25) is 4.98 Å². The van der Waals surface area contributed by atoms with Crippen LogP contribution < -0.4 is 9.04 Å². The molecule has 0 unspecified atom stereocenters. The SMILES string of the molecule is COc1nc(C)cnc1N(C(=O)OCC(C)C)S(=O)(=O)c1cccnc1-c1ccc(Cl)cc1. The molecule has 3 rings (SSSR count). The Bertz CT molecular complexity index is 1250. The zero-order valence-electron chi connectivity index (χ0n) is 18.5. The van der Waals surface area contributed by atoms with Crippen LogP contribution in [0.4, 0.5) is 10.6 Å². The first-order valence-electron chi connectivity index (χ1n) is 9.95. The molecule has 0 N–H and O–H groups in total. The van der Waals surface area contributed by atoms with E-state index in [0.717, 1.165) is 0 Å². The smallest absolute Gasteiger partial charge is 0.430 e. The topological polar surface area (TPSA) is 112 Å². The largest absolute Gasteiger partial charge is 0.478 e. The number of carbonyl (C=O) groups is 1. The first-order valence-corrected chi connectivity index (χ1v) is 11.8. The molecular formula is C22H23ClN4O5S. The lowest BCUT2D eigenvalue weighted by Gasteiger charge is -2.23. The summed E-state index contributed by atoms with van der Waals surface area (Å²) in [6.07, 6.45) is 1.65. The molecule has 11 heteroatoms. The molecule has 1 aromatic carbocycles. The highest BCUT2D eigenvalue weighted by molar-refractivity contribution is 7.93. The van der Waals surface area contributed by atoms with Crippen molar-refractivity contribution >= 4 is 33.5 Å². The van der Waals surface area contributed by atoms with E-state index in [1.807, 2.05) is 13.8 Å². The molecule has 33 heavy (non-hydrogen) atoms. The van der Waals surface area contributed by atoms with Gasteiger partial charge >= 0.3 is 6.09 Å². The highest BCUT2D eigenvalue weighted by Crippen LogP contribution is 2.34. The van der Waals surface area contributed by atoms with E-state index in [0.29, 0.717) is 20.6 Å². The van der Waals surface area contributed by atoms with E-state index >= 15 is 0 Å². The number of anilines is 1. The molecule has 2 heterocycles. The lowest BCUT2D eigenvalue weighted by molar-refractivity contribution is 0.143. The molecule has 0 saturated carbocycles. The van der Waals surface area contributed by atoms with Crippen molar-refractivity contribution in [3.63, 3.8) is 0 Å². The fourth-order valence-corrected chi connectivity index (χ4v) is 4.43. The third-order valence-electron chi connectivity index (χ3n) is 4.34. The van der Waals surface area contributed by atoms with E-state index in [9.17, 15) is 13.2 Å². The van der Waals surface area contributed by atoms with Gasteiger partial charge in [0, 0.05) is 16.8 Å². The second-order valence-electron chi connectivity index (χ2n) is 7.44. The number of amides is 1. The number of sulfonamides is 1. The fraction of sp³-hybridized carbons (Fsp3) is 0.273. The summed E-state index contributed by atoms with van der Waals surface area (Å²) in [5, 5.41) is 0.484. The summed E-state index contributed by atoms with van der Waals surface area (Å²) < 4.78 is 38.7. The minimum atomic E-state index is -4.55. The van der Waals surface area contributed by atoms with Crippen molar-refractivity contribution in [1.82, 2.24) is 15.0 Å². The first kappa shape index (κ1) is 24.4. The number of methoxy groups -OCH3 is 1. The van der Waals surface area contributed by atoms with Gasteiger partial charge in [-0.25, -0.2) is 23.2 Å². The molecule has 0 aliphatic rings. The van der Waals surface area contributed by atoms with Crippen molar-refractivity contribution < 1.29 is 22.7 Å². The molecule has 1 amide bonds. The van der Waals surface area contributed by atoms with Gasteiger partial charge in [0.1, 0.15) is 4.90 Å². The molecule has 0 atom stereocenters. The van der Waals surface area contributed by atoms with Crippen LogP contribution in [-0.2, 0) is 14.8 Å². The number of hydrogen-bond acceptors (Lipinski definition) is 8. The Morgan fingerprint density at radius 1 is 1.15 bits per heavy atom. The van der Waals surface area contributed by atoms with Crippen LogP contribution in [0.25, 0.3) is 11.3 Å². The van der Waals surface area contributed by atoms with Crippen molar-refractivity contribution in [1.29, 1.82) is 0 Å². The number of benzene rings is 1. The minimum Gasteiger partial charge on any atom is -0.478 e. The molecule has 0 fully saturated rings. The molecule has 9 nitrogen and oxygen atoms in total. The number of rotatable bonds is 7. The molecule has 0 bridgehead atoms. The number of pyridine rings is 1. The Balaban J connectivity index is 2.21. The predicted octanol–water partition coefficient (Wildman–Crippen LogP) is 4.50. The lowest BCUT2D eigenvalue weighted by Crippen LogP contribution is -2.39. The van der Waals surface area contributed by atoms with Crippen LogP contribution in [0.5, 0.6) is 5.88 Å². The maximum Gasteiger partial charge on any atom is 0.430 e. The third kappa shape index (κ3) is 5.40. The summed E-state index contributed by atoms with van der Waals surface area (Å²) in [7, 11) is -3.25. The van der Waals surface area contributed by atoms with Crippen LogP contribution in [0.2, 0.25) is 5.02 Å². The van der Waals surface area contributed by atoms with Gasteiger partial charge in [0.25, 0.3) is 15.9 Å². The van der Waals surface area contributed by atoms with Gasteiger partial charge in [0.2, 0.25) is 5.82 Å². The first-order chi connectivity index (χ1) is 15.6. The van der Waals surface area contributed by atoms with Crippen LogP contribution in [0.3, 0.4) is 0 Å². The summed E-state index contributed by atoms with van der Waals surface area (Å²) in [6.45, 7) is 5.33. The molecular weight excluding hydrogens is 468 g/mol. The third-order valence-corrected chi connectivity index (χ3v) is 6.28. The quantitative estimate of drug-likeness (QED) is 0.476. The van der Waals surface area contributed by atoms with Gasteiger partial charge in [-0.2, -0.15) is 0 Å². The Morgan fingerprint density at radius 2 is 1.85 bits per heavy atom. The number of aryl methyl sites for hydroxylation is 1. The Morgan fingerprint density at radius 3 is 2.48 bits per heavy atom. The van der Waals surface area contributed by atoms with E-state index in [2.05, 4.69) is 15.0 Å². The van der Waals surface area contributed by atoms with E-state index in [1.165, 1.54) is 31.6 Å². The second-order valence-corrected chi connectivity index (χ2v) is 9.63. The van der Waals surface area contributed by atoms with E-state index < -0.39 is 16.1 Å². The molecule has 2 aromatic heterocycles.